The summed E-state index contributed by atoms with van der Waals surface area (Å²) in [6, 6.07) is 13.8. The Morgan fingerprint density at radius 2 is 1.83 bits per heavy atom. The molecule has 148 valence electrons. The van der Waals surface area contributed by atoms with E-state index in [4.69, 9.17) is 0 Å². The van der Waals surface area contributed by atoms with Gasteiger partial charge in [0.1, 0.15) is 0 Å². The molecule has 6 nitrogen and oxygen atoms in total. The van der Waals surface area contributed by atoms with Gasteiger partial charge in [-0.2, -0.15) is 0 Å². The topological polar surface area (TPSA) is 88.2 Å². The number of carbonyl (C=O) groups is 1. The highest BCUT2D eigenvalue weighted by molar-refractivity contribution is 7.93. The average molecular weight is 444 g/mol. The minimum atomic E-state index is -3.72. The van der Waals surface area contributed by atoms with Gasteiger partial charge in [0.25, 0.3) is 15.9 Å². The van der Waals surface area contributed by atoms with Crippen molar-refractivity contribution in [3.8, 4) is 0 Å². The van der Waals surface area contributed by atoms with Crippen LogP contribution in [0.25, 0.3) is 10.2 Å². The van der Waals surface area contributed by atoms with E-state index in [1.165, 1.54) is 22.7 Å². The van der Waals surface area contributed by atoms with E-state index in [2.05, 4.69) is 15.0 Å². The summed E-state index contributed by atoms with van der Waals surface area (Å²) in [5.74, 6) is -0.177. The van der Waals surface area contributed by atoms with Crippen molar-refractivity contribution in [1.82, 2.24) is 4.98 Å². The smallest absolute Gasteiger partial charge is 0.265 e. The number of nitrogens with one attached hydrogen (secondary N) is 2. The number of aromatic nitrogens is 1. The molecule has 0 fully saturated rings. The molecule has 0 atom stereocenters. The molecular weight excluding hydrogens is 426 g/mol. The minimum Gasteiger partial charge on any atom is -0.321 e. The highest BCUT2D eigenvalue weighted by Crippen LogP contribution is 2.32. The Balaban J connectivity index is 1.61. The van der Waals surface area contributed by atoms with Crippen molar-refractivity contribution in [1.29, 1.82) is 0 Å². The number of carbonyl (C=O) groups excluding carboxylic acids is 1. The van der Waals surface area contributed by atoms with Gasteiger partial charge in [0.05, 0.1) is 20.0 Å². The first-order valence-corrected chi connectivity index (χ1v) is 11.9. The average Bonchev–Trinajstić information content (AvgIpc) is 3.31. The molecule has 9 heteroatoms. The van der Waals surface area contributed by atoms with Gasteiger partial charge < -0.3 is 5.32 Å². The van der Waals surface area contributed by atoms with Gasteiger partial charge in [-0.1, -0.05) is 35.1 Å². The lowest BCUT2D eigenvalue weighted by Gasteiger charge is -2.05. The fourth-order valence-electron chi connectivity index (χ4n) is 2.80. The normalized spacial score (nSPS) is 11.5. The molecule has 29 heavy (non-hydrogen) atoms. The first-order valence-electron chi connectivity index (χ1n) is 8.67. The van der Waals surface area contributed by atoms with Gasteiger partial charge in [0.15, 0.2) is 5.13 Å². The van der Waals surface area contributed by atoms with Crippen molar-refractivity contribution in [2.24, 2.45) is 0 Å². The second kappa shape index (κ2) is 7.58. The fraction of sp³-hybridized carbons (Fsp3) is 0.100. The minimum absolute atomic E-state index is 0.177. The van der Waals surface area contributed by atoms with Gasteiger partial charge in [0, 0.05) is 5.69 Å². The van der Waals surface area contributed by atoms with Gasteiger partial charge in [-0.3, -0.25) is 9.52 Å². The van der Waals surface area contributed by atoms with Gasteiger partial charge in [-0.15, -0.1) is 11.3 Å². The monoisotopic (exact) mass is 443 g/mol. The van der Waals surface area contributed by atoms with Crippen LogP contribution in [0.4, 0.5) is 10.8 Å². The Bertz CT molecular complexity index is 1290. The second-order valence-corrected chi connectivity index (χ2v) is 10.2. The Kier molecular flexibility index (Phi) is 5.12. The molecule has 2 aromatic heterocycles. The summed E-state index contributed by atoms with van der Waals surface area (Å²) in [4.78, 5) is 17.5. The van der Waals surface area contributed by atoms with Crippen molar-refractivity contribution in [2.45, 2.75) is 18.7 Å². The molecule has 4 aromatic rings. The Morgan fingerprint density at radius 3 is 2.52 bits per heavy atom. The van der Waals surface area contributed by atoms with E-state index in [1.807, 2.05) is 31.4 Å². The summed E-state index contributed by atoms with van der Waals surface area (Å²) in [6.45, 7) is 3.77. The largest absolute Gasteiger partial charge is 0.321 e. The van der Waals surface area contributed by atoms with E-state index in [0.29, 0.717) is 16.1 Å². The number of nitrogens with zero attached hydrogens (tertiary/aromatic N) is 1. The van der Waals surface area contributed by atoms with Crippen LogP contribution in [0.5, 0.6) is 0 Å². The maximum atomic E-state index is 12.6. The molecule has 0 radical (unpaired) electrons. The van der Waals surface area contributed by atoms with E-state index < -0.39 is 10.0 Å². The molecule has 4 rings (SSSR count). The molecule has 2 aromatic carbocycles. The van der Waals surface area contributed by atoms with Crippen LogP contribution in [0.2, 0.25) is 0 Å². The summed E-state index contributed by atoms with van der Waals surface area (Å²) in [5.41, 5.74) is 3.17. The van der Waals surface area contributed by atoms with E-state index in [-0.39, 0.29) is 15.9 Å². The quantitative estimate of drug-likeness (QED) is 0.453. The van der Waals surface area contributed by atoms with Crippen LogP contribution < -0.4 is 10.0 Å². The summed E-state index contributed by atoms with van der Waals surface area (Å²) in [5, 5.41) is 5.01. The van der Waals surface area contributed by atoms with Crippen molar-refractivity contribution in [3.63, 3.8) is 0 Å². The number of amides is 1. The summed E-state index contributed by atoms with van der Waals surface area (Å²) < 4.78 is 28.6. The molecule has 0 unspecified atom stereocenters. The highest BCUT2D eigenvalue weighted by Gasteiger charge is 2.18. The van der Waals surface area contributed by atoms with E-state index >= 15 is 0 Å². The zero-order valence-corrected chi connectivity index (χ0v) is 18.0. The molecule has 0 aliphatic rings. The summed E-state index contributed by atoms with van der Waals surface area (Å²) in [6.07, 6.45) is 0. The van der Waals surface area contributed by atoms with Crippen LogP contribution in [0.3, 0.4) is 0 Å². The number of sulfonamides is 1. The Hall–Kier alpha value is -2.75. The highest BCUT2D eigenvalue weighted by atomic mass is 32.2. The van der Waals surface area contributed by atoms with E-state index in [1.54, 1.807) is 36.4 Å². The van der Waals surface area contributed by atoms with Crippen LogP contribution in [0.15, 0.2) is 58.8 Å². The van der Waals surface area contributed by atoms with Crippen LogP contribution in [-0.4, -0.2) is 19.3 Å². The molecule has 1 amide bonds. The molecule has 2 N–H and O–H groups in total. The van der Waals surface area contributed by atoms with Crippen molar-refractivity contribution >= 4 is 59.6 Å². The first-order chi connectivity index (χ1) is 13.8. The molecule has 0 aliphatic carbocycles. The predicted molar refractivity (Wildman–Crippen MR) is 119 cm³/mol. The maximum absolute atomic E-state index is 12.6. The van der Waals surface area contributed by atoms with Crippen molar-refractivity contribution in [3.05, 3.63) is 69.9 Å². The van der Waals surface area contributed by atoms with Crippen LogP contribution in [0, 0.1) is 13.8 Å². The number of hydrogen-bond acceptors (Lipinski definition) is 6. The molecule has 0 spiro atoms. The van der Waals surface area contributed by atoms with Crippen LogP contribution >= 0.6 is 22.7 Å². The lowest BCUT2D eigenvalue weighted by atomic mass is 10.2. The van der Waals surface area contributed by atoms with E-state index in [9.17, 15) is 13.2 Å². The molecule has 0 saturated heterocycles. The van der Waals surface area contributed by atoms with Gasteiger partial charge >= 0.3 is 0 Å². The number of rotatable bonds is 5. The number of benzene rings is 2. The standard InChI is InChI=1S/C20H17N3O3S3/c1-12-5-7-15(8-6-12)29(25,26)23-20-22-18-13(2)10-14(11-17(18)28-20)21-19(24)16-4-3-9-27-16/h3-11H,1-2H3,(H,21,24)(H,22,23). The van der Waals surface area contributed by atoms with Crippen molar-refractivity contribution in [2.75, 3.05) is 10.0 Å². The first kappa shape index (κ1) is 19.6. The lowest BCUT2D eigenvalue weighted by Crippen LogP contribution is -2.12. The second-order valence-electron chi connectivity index (χ2n) is 6.51. The molecule has 0 saturated carbocycles. The Morgan fingerprint density at radius 1 is 1.07 bits per heavy atom. The summed E-state index contributed by atoms with van der Waals surface area (Å²) in [7, 11) is -3.72. The SMILES string of the molecule is Cc1ccc(S(=O)(=O)Nc2nc3c(C)cc(NC(=O)c4cccs4)cc3s2)cc1. The number of thiazole rings is 1. The zero-order valence-electron chi connectivity index (χ0n) is 15.6. The van der Waals surface area contributed by atoms with Gasteiger partial charge in [-0.05, 0) is 55.1 Å². The third-order valence-electron chi connectivity index (χ3n) is 4.24. The van der Waals surface area contributed by atoms with Crippen LogP contribution in [-0.2, 0) is 10.0 Å². The van der Waals surface area contributed by atoms with E-state index in [0.717, 1.165) is 15.8 Å². The molecule has 0 aliphatic heterocycles. The molecular formula is C20H17N3O3S3. The predicted octanol–water partition coefficient (Wildman–Crippen LogP) is 5.03. The number of thiophene rings is 1. The third-order valence-corrected chi connectivity index (χ3v) is 7.51. The van der Waals surface area contributed by atoms with Gasteiger partial charge in [0.2, 0.25) is 0 Å². The number of hydrogen-bond donors (Lipinski definition) is 2. The van der Waals surface area contributed by atoms with Crippen LogP contribution in [0.1, 0.15) is 20.8 Å². The zero-order chi connectivity index (χ0) is 20.6. The van der Waals surface area contributed by atoms with Gasteiger partial charge in [-0.25, -0.2) is 13.4 Å². The summed E-state index contributed by atoms with van der Waals surface area (Å²) >= 11 is 2.59. The fourth-order valence-corrected chi connectivity index (χ4v) is 5.64. The Labute approximate surface area is 176 Å². The van der Waals surface area contributed by atoms with Crippen molar-refractivity contribution < 1.29 is 13.2 Å². The lowest BCUT2D eigenvalue weighted by molar-refractivity contribution is 0.103. The third kappa shape index (κ3) is 4.16. The number of anilines is 2. The molecule has 2 heterocycles. The maximum Gasteiger partial charge on any atom is 0.265 e. The molecule has 0 bridgehead atoms. The number of aryl methyl sites for hydroxylation is 2. The number of fused-ring (bicyclic) bond motifs is 1.